The number of benzene rings is 6. The number of rotatable bonds is 8. The van der Waals surface area contributed by atoms with E-state index in [1.54, 1.807) is 0 Å². The third-order valence-electron chi connectivity index (χ3n) is 8.58. The first-order valence-corrected chi connectivity index (χ1v) is 23.5. The quantitative estimate of drug-likeness (QED) is 0.106. The van der Waals surface area contributed by atoms with Crippen molar-refractivity contribution in [3.63, 3.8) is 0 Å². The molecule has 0 fully saturated rings. The van der Waals surface area contributed by atoms with Crippen molar-refractivity contribution < 1.29 is 15.9 Å². The van der Waals surface area contributed by atoms with Crippen LogP contribution in [0.2, 0.25) is 0 Å². The Morgan fingerprint density at radius 3 is 0.796 bits per heavy atom. The van der Waals surface area contributed by atoms with E-state index in [1.807, 2.05) is 0 Å². The number of hydrogen-bond donors (Lipinski definition) is 0. The predicted molar refractivity (Wildman–Crippen MR) is 219 cm³/mol. The van der Waals surface area contributed by atoms with Crippen molar-refractivity contribution in [2.45, 2.75) is 53.9 Å². The molecule has 0 spiro atoms. The molecule has 0 aromatic heterocycles. The van der Waals surface area contributed by atoms with E-state index in [9.17, 15) is 0 Å². The van der Waals surface area contributed by atoms with Gasteiger partial charge in [0.25, 0.3) is 0 Å². The molecule has 0 bridgehead atoms. The molecule has 0 saturated carbocycles. The summed E-state index contributed by atoms with van der Waals surface area (Å²) in [5.41, 5.74) is 11.4. The van der Waals surface area contributed by atoms with Gasteiger partial charge in [0.05, 0.1) is 0 Å². The molecule has 0 saturated heterocycles. The van der Waals surface area contributed by atoms with Gasteiger partial charge in [-0.2, -0.15) is 0 Å². The van der Waals surface area contributed by atoms with Crippen molar-refractivity contribution in [2.24, 2.45) is 0 Å². The van der Waals surface area contributed by atoms with Crippen LogP contribution in [0.15, 0.2) is 146 Å². The van der Waals surface area contributed by atoms with E-state index >= 15 is 0 Å². The fourth-order valence-electron chi connectivity index (χ4n) is 6.33. The molecule has 0 aliphatic heterocycles. The van der Waals surface area contributed by atoms with E-state index in [-0.39, 0.29) is 31.8 Å². The monoisotopic (exact) mass is 812 g/mol. The van der Waals surface area contributed by atoms with Crippen LogP contribution >= 0.6 is 34.9 Å². The maximum atomic E-state index is 4.81. The molecule has 0 N–H and O–H groups in total. The Morgan fingerprint density at radius 2 is 0.592 bits per heavy atom. The summed E-state index contributed by atoms with van der Waals surface area (Å²) in [6.45, 7) is 13.4. The predicted octanol–water partition coefficient (Wildman–Crippen LogP) is 11.9. The number of aryl methyl sites for hydroxylation is 6. The van der Waals surface area contributed by atoms with Gasteiger partial charge >= 0.3 is 35.0 Å². The average Bonchev–Trinajstić information content (AvgIpc) is 3.10. The van der Waals surface area contributed by atoms with Crippen LogP contribution in [0.3, 0.4) is 0 Å². The van der Waals surface area contributed by atoms with Crippen LogP contribution in [0.25, 0.3) is 0 Å². The van der Waals surface area contributed by atoms with Gasteiger partial charge in [-0.05, 0) is 112 Å². The molecule has 0 unspecified atom stereocenters. The summed E-state index contributed by atoms with van der Waals surface area (Å²) in [5.74, 6) is 0. The number of halogens is 2. The third-order valence-corrected chi connectivity index (χ3v) is 13.5. The van der Waals surface area contributed by atoms with Crippen molar-refractivity contribution in [3.8, 4) is 0 Å². The van der Waals surface area contributed by atoms with Gasteiger partial charge in [-0.25, -0.2) is 0 Å². The van der Waals surface area contributed by atoms with E-state index in [0.717, 1.165) is 12.3 Å². The molecule has 49 heavy (non-hydrogen) atoms. The summed E-state index contributed by atoms with van der Waals surface area (Å²) in [4.78, 5) is 0. The van der Waals surface area contributed by atoms with Gasteiger partial charge in [0.15, 0.2) is 0 Å². The summed E-state index contributed by atoms with van der Waals surface area (Å²) in [5, 5.41) is 5.81. The van der Waals surface area contributed by atoms with Crippen molar-refractivity contribution in [2.75, 3.05) is 0 Å². The molecule has 0 aliphatic rings. The molecule has 6 aromatic carbocycles. The summed E-state index contributed by atoms with van der Waals surface area (Å²) < 4.78 is 0. The normalized spacial score (nSPS) is 10.7. The SMILES string of the molecule is Cc1cc(C)c(CP(c2ccccc2)c2ccccc2)c(C)c1.Cc1cc(C)c(CP(c2ccccc2)c2ccccc2)c(C)c1.[Cl][Pd][Cl]. The molecule has 0 radical (unpaired) electrons. The molecule has 256 valence electrons. The van der Waals surface area contributed by atoms with Crippen LogP contribution in [-0.2, 0) is 28.3 Å². The first-order valence-electron chi connectivity index (χ1n) is 16.4. The van der Waals surface area contributed by atoms with Gasteiger partial charge in [0.2, 0.25) is 0 Å². The van der Waals surface area contributed by atoms with Crippen LogP contribution in [0.1, 0.15) is 44.5 Å². The van der Waals surface area contributed by atoms with E-state index in [1.165, 1.54) is 65.7 Å². The second kappa shape index (κ2) is 20.3. The molecular formula is C44H46Cl2P2Pd. The fraction of sp³-hybridized carbons (Fsp3) is 0.182. The Kier molecular flexibility index (Phi) is 16.3. The minimum absolute atomic E-state index is 0.106. The Hall–Kier alpha value is -2.58. The minimum atomic E-state index is -0.369. The van der Waals surface area contributed by atoms with E-state index in [2.05, 4.69) is 187 Å². The van der Waals surface area contributed by atoms with Gasteiger partial charge in [-0.3, -0.25) is 0 Å². The molecule has 0 aliphatic carbocycles. The van der Waals surface area contributed by atoms with Crippen molar-refractivity contribution >= 4 is 56.1 Å². The zero-order valence-electron chi connectivity index (χ0n) is 29.2. The Morgan fingerprint density at radius 1 is 0.388 bits per heavy atom. The topological polar surface area (TPSA) is 0 Å². The summed E-state index contributed by atoms with van der Waals surface area (Å²) >= 11 is -0.106. The Balaban J connectivity index is 0.000000205. The molecule has 0 atom stereocenters. The van der Waals surface area contributed by atoms with E-state index < -0.39 is 0 Å². The molecule has 0 nitrogen and oxygen atoms in total. The maximum absolute atomic E-state index is 4.81. The standard InChI is InChI=1S/2C22H23P.2ClH.Pd/c2*1-17-14-18(2)22(19(3)15-17)16-23(20-10-6-4-7-11-20)21-12-8-5-9-13-21;;;/h2*4-15H,16H2,1-3H3;2*1H;/q;;;;+2/p-2. The number of hydrogen-bond acceptors (Lipinski definition) is 0. The van der Waals surface area contributed by atoms with E-state index in [4.69, 9.17) is 19.1 Å². The van der Waals surface area contributed by atoms with Crippen LogP contribution < -0.4 is 21.2 Å². The fourth-order valence-corrected chi connectivity index (χ4v) is 11.4. The second-order valence-electron chi connectivity index (χ2n) is 12.3. The van der Waals surface area contributed by atoms with Crippen LogP contribution in [0, 0.1) is 41.5 Å². The summed E-state index contributed by atoms with van der Waals surface area (Å²) in [6, 6.07) is 53.1. The molecule has 5 heteroatoms. The molecular weight excluding hydrogens is 768 g/mol. The summed E-state index contributed by atoms with van der Waals surface area (Å²) in [6.07, 6.45) is 2.22. The van der Waals surface area contributed by atoms with Gasteiger partial charge < -0.3 is 0 Å². The third kappa shape index (κ3) is 11.7. The zero-order valence-corrected chi connectivity index (χ0v) is 34.1. The zero-order chi connectivity index (χ0) is 35.2. The van der Waals surface area contributed by atoms with Crippen LogP contribution in [0.4, 0.5) is 0 Å². The van der Waals surface area contributed by atoms with Crippen LogP contribution in [0.5, 0.6) is 0 Å². The van der Waals surface area contributed by atoms with E-state index in [0.29, 0.717) is 0 Å². The van der Waals surface area contributed by atoms with Crippen molar-refractivity contribution in [1.82, 2.24) is 0 Å². The molecule has 0 heterocycles. The first-order chi connectivity index (χ1) is 23.7. The average molecular weight is 814 g/mol. The second-order valence-corrected chi connectivity index (χ2v) is 19.1. The first kappa shape index (κ1) is 39.2. The van der Waals surface area contributed by atoms with Crippen molar-refractivity contribution in [1.29, 1.82) is 0 Å². The van der Waals surface area contributed by atoms with Crippen molar-refractivity contribution in [3.05, 3.63) is 190 Å². The Bertz CT molecular complexity index is 1600. The molecule has 6 rings (SSSR count). The van der Waals surface area contributed by atoms with Gasteiger partial charge in [-0.15, -0.1) is 0 Å². The molecule has 0 amide bonds. The summed E-state index contributed by atoms with van der Waals surface area (Å²) in [7, 11) is 8.89. The van der Waals surface area contributed by atoms with Gasteiger partial charge in [0, 0.05) is 12.3 Å². The Labute approximate surface area is 313 Å². The van der Waals surface area contributed by atoms with Gasteiger partial charge in [-0.1, -0.05) is 157 Å². The van der Waals surface area contributed by atoms with Gasteiger partial charge in [0.1, 0.15) is 0 Å². The molecule has 6 aromatic rings. The van der Waals surface area contributed by atoms with Crippen LogP contribution in [-0.4, -0.2) is 0 Å².